The highest BCUT2D eigenvalue weighted by atomic mass is 35.5. The van der Waals surface area contributed by atoms with E-state index in [2.05, 4.69) is 16.0 Å². The molecule has 0 heterocycles. The number of methoxy groups -OCH3 is 1. The summed E-state index contributed by atoms with van der Waals surface area (Å²) in [5.74, 6) is 0.260. The van der Waals surface area contributed by atoms with E-state index in [1.807, 2.05) is 0 Å². The Balaban J connectivity index is 1.76. The molecule has 0 aliphatic rings. The summed E-state index contributed by atoms with van der Waals surface area (Å²) in [6, 6.07) is 11.3. The van der Waals surface area contributed by atoms with E-state index in [1.54, 1.807) is 36.4 Å². The first-order valence-electron chi connectivity index (χ1n) is 7.42. The highest BCUT2D eigenvalue weighted by Crippen LogP contribution is 2.23. The van der Waals surface area contributed by atoms with Gasteiger partial charge in [0.2, 0.25) is 0 Å². The molecule has 0 aromatic heterocycles. The molecule has 0 radical (unpaired) electrons. The smallest absolute Gasteiger partial charge is 0.319 e. The fraction of sp³-hybridized carbons (Fsp3) is 0.176. The Morgan fingerprint density at radius 2 is 1.72 bits per heavy atom. The molecule has 0 spiro atoms. The van der Waals surface area contributed by atoms with E-state index < -0.39 is 6.03 Å². The largest absolute Gasteiger partial charge is 0.495 e. The fourth-order valence-corrected chi connectivity index (χ4v) is 2.30. The quantitative estimate of drug-likeness (QED) is 0.669. The minimum absolute atomic E-state index is 0.258. The van der Waals surface area contributed by atoms with Crippen molar-refractivity contribution in [2.45, 2.75) is 0 Å². The Morgan fingerprint density at radius 1 is 1.00 bits per heavy atom. The van der Waals surface area contributed by atoms with Crippen molar-refractivity contribution in [2.24, 2.45) is 0 Å². The molecule has 0 aliphatic carbocycles. The second-order valence-electron chi connectivity index (χ2n) is 4.97. The zero-order valence-corrected chi connectivity index (χ0v) is 14.9. The van der Waals surface area contributed by atoms with E-state index in [-0.39, 0.29) is 19.0 Å². The van der Waals surface area contributed by atoms with Crippen LogP contribution in [-0.4, -0.2) is 32.1 Å². The second-order valence-corrected chi connectivity index (χ2v) is 5.78. The highest BCUT2D eigenvalue weighted by molar-refractivity contribution is 6.42. The number of carbonyl (C=O) groups excluding carboxylic acids is 2. The molecule has 8 heteroatoms. The van der Waals surface area contributed by atoms with Crippen LogP contribution in [-0.2, 0) is 0 Å². The van der Waals surface area contributed by atoms with Crippen molar-refractivity contribution >= 4 is 40.8 Å². The molecule has 2 aromatic carbocycles. The number of rotatable bonds is 6. The maximum Gasteiger partial charge on any atom is 0.319 e. The molecule has 0 bridgehead atoms. The van der Waals surface area contributed by atoms with Gasteiger partial charge < -0.3 is 20.7 Å². The Bertz CT molecular complexity index is 769. The van der Waals surface area contributed by atoms with Crippen LogP contribution < -0.4 is 20.7 Å². The van der Waals surface area contributed by atoms with E-state index in [4.69, 9.17) is 27.9 Å². The average Bonchev–Trinajstić information content (AvgIpc) is 2.61. The van der Waals surface area contributed by atoms with Crippen molar-refractivity contribution in [1.29, 1.82) is 0 Å². The number of halogens is 2. The van der Waals surface area contributed by atoms with Crippen LogP contribution in [0.25, 0.3) is 0 Å². The van der Waals surface area contributed by atoms with Gasteiger partial charge in [-0.15, -0.1) is 0 Å². The lowest BCUT2D eigenvalue weighted by Crippen LogP contribution is -2.36. The summed E-state index contributed by atoms with van der Waals surface area (Å²) < 4.78 is 5.15. The average molecular weight is 382 g/mol. The topological polar surface area (TPSA) is 79.5 Å². The van der Waals surface area contributed by atoms with Crippen molar-refractivity contribution in [1.82, 2.24) is 10.6 Å². The van der Waals surface area contributed by atoms with Crippen molar-refractivity contribution in [2.75, 3.05) is 25.5 Å². The summed E-state index contributed by atoms with van der Waals surface area (Å²) in [5.41, 5.74) is 0.954. The predicted octanol–water partition coefficient (Wildman–Crippen LogP) is 3.55. The fourth-order valence-electron chi connectivity index (χ4n) is 2.01. The van der Waals surface area contributed by atoms with Gasteiger partial charge in [-0.25, -0.2) is 4.79 Å². The molecule has 3 amide bonds. The van der Waals surface area contributed by atoms with E-state index in [9.17, 15) is 9.59 Å². The first-order valence-corrected chi connectivity index (χ1v) is 8.18. The highest BCUT2D eigenvalue weighted by Gasteiger charge is 2.09. The lowest BCUT2D eigenvalue weighted by molar-refractivity contribution is 0.0954. The van der Waals surface area contributed by atoms with Crippen LogP contribution in [0.2, 0.25) is 10.0 Å². The van der Waals surface area contributed by atoms with Gasteiger partial charge in [0.05, 0.1) is 22.8 Å². The maximum absolute atomic E-state index is 12.0. The molecule has 2 rings (SSSR count). The molecular weight excluding hydrogens is 365 g/mol. The Hall–Kier alpha value is -2.44. The lowest BCUT2D eigenvalue weighted by atomic mass is 10.2. The zero-order chi connectivity index (χ0) is 18.2. The third-order valence-corrected chi connectivity index (χ3v) is 3.97. The number of para-hydroxylation sites is 2. The van der Waals surface area contributed by atoms with Gasteiger partial charge in [-0.3, -0.25) is 4.79 Å². The summed E-state index contributed by atoms with van der Waals surface area (Å²) in [5, 5.41) is 8.69. The van der Waals surface area contributed by atoms with Crippen LogP contribution in [0.15, 0.2) is 42.5 Å². The summed E-state index contributed by atoms with van der Waals surface area (Å²) in [6.07, 6.45) is 0. The second kappa shape index (κ2) is 9.15. The van der Waals surface area contributed by atoms with E-state index >= 15 is 0 Å². The number of hydrogen-bond acceptors (Lipinski definition) is 3. The minimum atomic E-state index is -0.395. The molecule has 25 heavy (non-hydrogen) atoms. The number of carbonyl (C=O) groups is 2. The first-order chi connectivity index (χ1) is 12.0. The molecular formula is C17H17Cl2N3O3. The van der Waals surface area contributed by atoms with E-state index in [1.165, 1.54) is 13.2 Å². The van der Waals surface area contributed by atoms with Crippen LogP contribution in [0, 0.1) is 0 Å². The molecule has 0 saturated heterocycles. The van der Waals surface area contributed by atoms with Crippen LogP contribution in [0.4, 0.5) is 10.5 Å². The normalized spacial score (nSPS) is 10.0. The van der Waals surface area contributed by atoms with Gasteiger partial charge in [-0.2, -0.15) is 0 Å². The van der Waals surface area contributed by atoms with Crippen molar-refractivity contribution in [3.63, 3.8) is 0 Å². The van der Waals surface area contributed by atoms with Gasteiger partial charge in [0.15, 0.2) is 0 Å². The Labute approximate surface area is 155 Å². The van der Waals surface area contributed by atoms with Gasteiger partial charge >= 0.3 is 6.03 Å². The molecule has 0 aliphatic heterocycles. The van der Waals surface area contributed by atoms with Crippen LogP contribution in [0.3, 0.4) is 0 Å². The van der Waals surface area contributed by atoms with Gasteiger partial charge in [-0.05, 0) is 30.3 Å². The van der Waals surface area contributed by atoms with Gasteiger partial charge in [0, 0.05) is 18.7 Å². The van der Waals surface area contributed by atoms with Crippen LogP contribution in [0.5, 0.6) is 5.75 Å². The lowest BCUT2D eigenvalue weighted by Gasteiger charge is -2.11. The predicted molar refractivity (Wildman–Crippen MR) is 98.8 cm³/mol. The molecule has 0 unspecified atom stereocenters. The number of urea groups is 1. The molecule has 0 saturated carbocycles. The molecule has 2 aromatic rings. The number of benzene rings is 2. The first kappa shape index (κ1) is 18.9. The molecule has 0 atom stereocenters. The Kier molecular flexibility index (Phi) is 6.91. The monoisotopic (exact) mass is 381 g/mol. The molecule has 3 N–H and O–H groups in total. The number of nitrogens with one attached hydrogen (secondary N) is 3. The zero-order valence-electron chi connectivity index (χ0n) is 13.4. The molecule has 0 fully saturated rings. The number of amides is 3. The summed E-state index contributed by atoms with van der Waals surface area (Å²) in [7, 11) is 1.52. The van der Waals surface area contributed by atoms with Gasteiger partial charge in [0.1, 0.15) is 5.75 Å². The van der Waals surface area contributed by atoms with Crippen molar-refractivity contribution < 1.29 is 14.3 Å². The van der Waals surface area contributed by atoms with Gasteiger partial charge in [0.25, 0.3) is 5.91 Å². The van der Waals surface area contributed by atoms with Crippen LogP contribution in [0.1, 0.15) is 10.4 Å². The molecule has 6 nitrogen and oxygen atoms in total. The summed E-state index contributed by atoms with van der Waals surface area (Å²) >= 11 is 11.7. The molecule has 132 valence electrons. The van der Waals surface area contributed by atoms with Crippen molar-refractivity contribution in [3.8, 4) is 5.75 Å². The third-order valence-electron chi connectivity index (χ3n) is 3.23. The minimum Gasteiger partial charge on any atom is -0.495 e. The van der Waals surface area contributed by atoms with E-state index in [0.717, 1.165) is 0 Å². The maximum atomic E-state index is 12.0. The van der Waals surface area contributed by atoms with E-state index in [0.29, 0.717) is 27.0 Å². The third kappa shape index (κ3) is 5.55. The standard InChI is InChI=1S/C17H17Cl2N3O3/c1-25-15-5-3-2-4-14(15)22-17(24)21-9-8-20-16(23)11-6-7-12(18)13(19)10-11/h2-7,10H,8-9H2,1H3,(H,20,23)(H2,21,22,24). The number of anilines is 1. The van der Waals surface area contributed by atoms with Crippen LogP contribution >= 0.6 is 23.2 Å². The summed E-state index contributed by atoms with van der Waals surface area (Å²) in [6.45, 7) is 0.520. The summed E-state index contributed by atoms with van der Waals surface area (Å²) in [4.78, 5) is 23.8. The Morgan fingerprint density at radius 3 is 2.44 bits per heavy atom. The number of ether oxygens (including phenoxy) is 1. The SMILES string of the molecule is COc1ccccc1NC(=O)NCCNC(=O)c1ccc(Cl)c(Cl)c1. The van der Waals surface area contributed by atoms with Crippen molar-refractivity contribution in [3.05, 3.63) is 58.1 Å². The number of hydrogen-bond donors (Lipinski definition) is 3. The van der Waals surface area contributed by atoms with Gasteiger partial charge in [-0.1, -0.05) is 35.3 Å².